The summed E-state index contributed by atoms with van der Waals surface area (Å²) < 4.78 is 8.49. The summed E-state index contributed by atoms with van der Waals surface area (Å²) in [5, 5.41) is 4.78. The predicted octanol–water partition coefficient (Wildman–Crippen LogP) is 13.4. The lowest BCUT2D eigenvalue weighted by Crippen LogP contribution is -1.96. The molecule has 50 heavy (non-hydrogen) atoms. The highest BCUT2D eigenvalue weighted by Crippen LogP contribution is 2.38. The molecule has 0 saturated heterocycles. The van der Waals surface area contributed by atoms with Gasteiger partial charge in [-0.15, -0.1) is 0 Å². The van der Waals surface area contributed by atoms with Gasteiger partial charge in [0.05, 0.1) is 11.0 Å². The smallest absolute Gasteiger partial charge is 0.135 e. The van der Waals surface area contributed by atoms with Crippen molar-refractivity contribution >= 4 is 43.7 Å². The fourth-order valence-electron chi connectivity index (χ4n) is 7.53. The Morgan fingerprint density at radius 2 is 0.760 bits per heavy atom. The van der Waals surface area contributed by atoms with Crippen molar-refractivity contribution in [2.75, 3.05) is 0 Å². The molecule has 2 heteroatoms. The molecule has 2 aromatic heterocycles. The Bertz CT molecular complexity index is 2780. The Kier molecular flexibility index (Phi) is 6.53. The third-order valence-electron chi connectivity index (χ3n) is 9.99. The molecule has 0 aliphatic heterocycles. The van der Waals surface area contributed by atoms with Crippen LogP contribution in [0.25, 0.3) is 93.9 Å². The number of aromatic nitrogens is 1. The van der Waals surface area contributed by atoms with Crippen molar-refractivity contribution < 1.29 is 4.42 Å². The van der Waals surface area contributed by atoms with E-state index in [1.165, 1.54) is 66.3 Å². The second-order valence-electron chi connectivity index (χ2n) is 13.0. The lowest BCUT2D eigenvalue weighted by molar-refractivity contribution is 0.669. The van der Waals surface area contributed by atoms with E-state index in [1.807, 2.05) is 12.1 Å². The molecule has 8 aromatic carbocycles. The molecule has 2 heterocycles. The maximum absolute atomic E-state index is 6.07. The molecular weight excluding hydrogens is 607 g/mol. The van der Waals surface area contributed by atoms with Crippen LogP contribution in [0.3, 0.4) is 0 Å². The van der Waals surface area contributed by atoms with Crippen molar-refractivity contribution in [3.8, 4) is 50.2 Å². The Labute approximate surface area is 290 Å². The van der Waals surface area contributed by atoms with E-state index in [4.69, 9.17) is 4.42 Å². The van der Waals surface area contributed by atoms with Gasteiger partial charge in [0.1, 0.15) is 11.2 Å². The molecule has 10 aromatic rings. The number of hydrogen-bond acceptors (Lipinski definition) is 1. The van der Waals surface area contributed by atoms with E-state index in [0.29, 0.717) is 0 Å². The van der Waals surface area contributed by atoms with Gasteiger partial charge in [0.2, 0.25) is 0 Å². The summed E-state index contributed by atoms with van der Waals surface area (Å²) in [6.45, 7) is 0. The van der Waals surface area contributed by atoms with Crippen LogP contribution < -0.4 is 0 Å². The summed E-state index contributed by atoms with van der Waals surface area (Å²) in [7, 11) is 0. The van der Waals surface area contributed by atoms with Crippen LogP contribution in [0, 0.1) is 0 Å². The van der Waals surface area contributed by atoms with Gasteiger partial charge in [0.25, 0.3) is 0 Å². The molecule has 0 aliphatic carbocycles. The third-order valence-corrected chi connectivity index (χ3v) is 9.99. The molecule has 0 amide bonds. The van der Waals surface area contributed by atoms with Crippen molar-refractivity contribution in [1.82, 2.24) is 4.57 Å². The van der Waals surface area contributed by atoms with Crippen molar-refractivity contribution in [3.63, 3.8) is 0 Å². The van der Waals surface area contributed by atoms with Crippen LogP contribution in [0.15, 0.2) is 192 Å². The summed E-state index contributed by atoms with van der Waals surface area (Å²) in [5.74, 6) is 0. The van der Waals surface area contributed by atoms with Crippen LogP contribution in [0.1, 0.15) is 0 Å². The largest absolute Gasteiger partial charge is 0.456 e. The van der Waals surface area contributed by atoms with E-state index in [9.17, 15) is 0 Å². The van der Waals surface area contributed by atoms with Crippen molar-refractivity contribution in [1.29, 1.82) is 0 Å². The first kappa shape index (κ1) is 28.4. The van der Waals surface area contributed by atoms with Crippen LogP contribution >= 0.6 is 0 Å². The fraction of sp³-hybridized carbons (Fsp3) is 0. The highest BCUT2D eigenvalue weighted by Gasteiger charge is 2.16. The molecule has 0 bridgehead atoms. The molecule has 0 spiro atoms. The lowest BCUT2D eigenvalue weighted by Gasteiger charge is -2.14. The second-order valence-corrected chi connectivity index (χ2v) is 13.0. The fourth-order valence-corrected chi connectivity index (χ4v) is 7.53. The topological polar surface area (TPSA) is 18.1 Å². The van der Waals surface area contributed by atoms with Gasteiger partial charge in [0, 0.05) is 27.2 Å². The third kappa shape index (κ3) is 4.73. The number of benzene rings is 8. The van der Waals surface area contributed by atoms with Gasteiger partial charge >= 0.3 is 0 Å². The Balaban J connectivity index is 1.08. The molecule has 10 rings (SSSR count). The van der Waals surface area contributed by atoms with E-state index < -0.39 is 0 Å². The first-order chi connectivity index (χ1) is 24.8. The van der Waals surface area contributed by atoms with Gasteiger partial charge in [-0.25, -0.2) is 0 Å². The molecule has 2 nitrogen and oxygen atoms in total. The average molecular weight is 638 g/mol. The maximum Gasteiger partial charge on any atom is 0.135 e. The monoisotopic (exact) mass is 637 g/mol. The Hall–Kier alpha value is -6.64. The quantitative estimate of drug-likeness (QED) is 0.184. The molecular formula is C48H31NO. The van der Waals surface area contributed by atoms with Crippen LogP contribution in [0.2, 0.25) is 0 Å². The minimum Gasteiger partial charge on any atom is -0.456 e. The van der Waals surface area contributed by atoms with E-state index in [1.54, 1.807) is 0 Å². The van der Waals surface area contributed by atoms with E-state index in [0.717, 1.165) is 27.6 Å². The summed E-state index contributed by atoms with van der Waals surface area (Å²) in [6, 6.07) is 67.6. The number of hydrogen-bond donors (Lipinski definition) is 0. The molecule has 0 radical (unpaired) electrons. The van der Waals surface area contributed by atoms with Crippen LogP contribution in [-0.4, -0.2) is 4.57 Å². The van der Waals surface area contributed by atoms with Gasteiger partial charge < -0.3 is 8.98 Å². The molecule has 0 N–H and O–H groups in total. The van der Waals surface area contributed by atoms with Crippen molar-refractivity contribution in [2.45, 2.75) is 0 Å². The zero-order valence-electron chi connectivity index (χ0n) is 27.3. The summed E-state index contributed by atoms with van der Waals surface area (Å²) in [4.78, 5) is 0. The SMILES string of the molecule is c1ccc(-c2cc(-c3ccccc3)cc(-n3c4ccccc4c4cc(-c5ccc(-c6ccc7oc8ccccc8c7c6)cc5)ccc43)c2)cc1. The van der Waals surface area contributed by atoms with E-state index in [-0.39, 0.29) is 0 Å². The van der Waals surface area contributed by atoms with Crippen molar-refractivity contribution in [3.05, 3.63) is 188 Å². The number of rotatable bonds is 5. The van der Waals surface area contributed by atoms with Crippen LogP contribution in [-0.2, 0) is 0 Å². The second kappa shape index (κ2) is 11.5. The number of para-hydroxylation sites is 2. The lowest BCUT2D eigenvalue weighted by atomic mass is 9.97. The molecule has 0 saturated carbocycles. The van der Waals surface area contributed by atoms with Gasteiger partial charge in [-0.2, -0.15) is 0 Å². The number of fused-ring (bicyclic) bond motifs is 6. The standard InChI is InChI=1S/C48H31NO/c1-3-11-32(12-4-1)38-27-39(33-13-5-2-6-14-33)29-40(28-38)49-45-17-9-7-15-41(45)43-30-36(23-25-46(43)49)34-19-21-35(22-20-34)37-24-26-48-44(31-37)42-16-8-10-18-47(42)50-48/h1-31H. The maximum atomic E-state index is 6.07. The van der Waals surface area contributed by atoms with Gasteiger partial charge in [0.15, 0.2) is 0 Å². The van der Waals surface area contributed by atoms with Crippen LogP contribution in [0.5, 0.6) is 0 Å². The highest BCUT2D eigenvalue weighted by molar-refractivity contribution is 6.11. The molecule has 0 aliphatic rings. The highest BCUT2D eigenvalue weighted by atomic mass is 16.3. The minimum atomic E-state index is 0.919. The van der Waals surface area contributed by atoms with Crippen LogP contribution in [0.4, 0.5) is 0 Å². The van der Waals surface area contributed by atoms with Gasteiger partial charge in [-0.3, -0.25) is 0 Å². The molecule has 0 unspecified atom stereocenters. The summed E-state index contributed by atoms with van der Waals surface area (Å²) in [5.41, 5.74) is 14.9. The molecule has 0 atom stereocenters. The minimum absolute atomic E-state index is 0.919. The van der Waals surface area contributed by atoms with Gasteiger partial charge in [-0.1, -0.05) is 133 Å². The zero-order chi connectivity index (χ0) is 33.0. The van der Waals surface area contributed by atoms with Crippen molar-refractivity contribution in [2.24, 2.45) is 0 Å². The zero-order valence-corrected chi connectivity index (χ0v) is 27.3. The average Bonchev–Trinajstić information content (AvgIpc) is 3.73. The van der Waals surface area contributed by atoms with Gasteiger partial charge in [-0.05, 0) is 99.1 Å². The molecule has 234 valence electrons. The first-order valence-electron chi connectivity index (χ1n) is 17.1. The first-order valence-corrected chi connectivity index (χ1v) is 17.1. The van der Waals surface area contributed by atoms with E-state index in [2.05, 4.69) is 180 Å². The summed E-state index contributed by atoms with van der Waals surface area (Å²) >= 11 is 0. The molecule has 0 fully saturated rings. The normalized spacial score (nSPS) is 11.6. The predicted molar refractivity (Wildman–Crippen MR) is 210 cm³/mol. The Morgan fingerprint density at radius 1 is 0.280 bits per heavy atom. The van der Waals surface area contributed by atoms with E-state index >= 15 is 0 Å². The number of nitrogens with zero attached hydrogens (tertiary/aromatic N) is 1. The number of furan rings is 1. The Morgan fingerprint density at radius 3 is 1.44 bits per heavy atom. The summed E-state index contributed by atoms with van der Waals surface area (Å²) in [6.07, 6.45) is 0.